The van der Waals surface area contributed by atoms with Crippen LogP contribution in [0.1, 0.15) is 43.0 Å². The van der Waals surface area contributed by atoms with E-state index in [0.29, 0.717) is 0 Å². The summed E-state index contributed by atoms with van der Waals surface area (Å²) in [6, 6.07) is 13.6. The molecule has 6 nitrogen and oxygen atoms in total. The Bertz CT molecular complexity index is 814. The molecule has 0 unspecified atom stereocenters. The number of benzene rings is 2. The van der Waals surface area contributed by atoms with Gasteiger partial charge in [-0.2, -0.15) is 0 Å². The second-order valence-electron chi connectivity index (χ2n) is 7.30. The highest BCUT2D eigenvalue weighted by molar-refractivity contribution is 5.96. The number of ether oxygens (including phenoxy) is 1. The largest absolute Gasteiger partial charge is 0.497 e. The zero-order valence-electron chi connectivity index (χ0n) is 17.9. The number of nitrogens with one attached hydrogen (secondary N) is 2. The molecule has 0 aliphatic heterocycles. The number of quaternary nitrogens is 1. The fraction of sp³-hybridized carbons (Fsp3) is 0.391. The predicted molar refractivity (Wildman–Crippen MR) is 115 cm³/mol. The Balaban J connectivity index is 1.88. The molecule has 0 aliphatic carbocycles. The van der Waals surface area contributed by atoms with Gasteiger partial charge < -0.3 is 20.7 Å². The van der Waals surface area contributed by atoms with Crippen molar-refractivity contribution >= 4 is 17.5 Å². The molecule has 6 heteroatoms. The van der Waals surface area contributed by atoms with E-state index in [1.165, 1.54) is 0 Å². The first-order valence-corrected chi connectivity index (χ1v) is 9.98. The van der Waals surface area contributed by atoms with Gasteiger partial charge in [-0.1, -0.05) is 25.1 Å². The summed E-state index contributed by atoms with van der Waals surface area (Å²) >= 11 is 0. The summed E-state index contributed by atoms with van der Waals surface area (Å²) in [6.45, 7) is 7.79. The molecule has 4 N–H and O–H groups in total. The molecule has 2 rings (SSSR count). The third-order valence-corrected chi connectivity index (χ3v) is 5.09. The number of amides is 2. The lowest BCUT2D eigenvalue weighted by atomic mass is 10.0. The molecular formula is C23H32N3O3+. The molecule has 0 aromatic heterocycles. The van der Waals surface area contributed by atoms with Crippen molar-refractivity contribution in [1.82, 2.24) is 5.32 Å². The first-order chi connectivity index (χ1) is 13.8. The Hall–Kier alpha value is -2.86. The Morgan fingerprint density at radius 3 is 2.24 bits per heavy atom. The Morgan fingerprint density at radius 2 is 1.69 bits per heavy atom. The number of nitrogens with two attached hydrogens (primary N) is 1. The highest BCUT2D eigenvalue weighted by Crippen LogP contribution is 2.19. The third kappa shape index (κ3) is 6.32. The summed E-state index contributed by atoms with van der Waals surface area (Å²) < 4.78 is 5.20. The van der Waals surface area contributed by atoms with Crippen molar-refractivity contribution in [2.24, 2.45) is 0 Å². The standard InChI is InChI=1S/C23H31N3O3/c1-6-20(18-10-12-19(29-5)13-11-18)25-17(4)23(28)24-14-21(27)26-22-15(2)8-7-9-16(22)3/h7-13,17,20,25H,6,14H2,1-5H3,(H,24,28)(H,26,27)/p+1/t17-,20-/m0/s1. The van der Waals surface area contributed by atoms with Crippen LogP contribution < -0.4 is 20.7 Å². The molecule has 0 heterocycles. The fourth-order valence-electron chi connectivity index (χ4n) is 3.29. The van der Waals surface area contributed by atoms with Crippen LogP contribution in [0.5, 0.6) is 5.75 Å². The highest BCUT2D eigenvalue weighted by Gasteiger charge is 2.22. The number of rotatable bonds is 9. The van der Waals surface area contributed by atoms with Gasteiger partial charge in [0.25, 0.3) is 5.91 Å². The number of aryl methyl sites for hydroxylation is 2. The second-order valence-corrected chi connectivity index (χ2v) is 7.30. The van der Waals surface area contributed by atoms with Gasteiger partial charge in [0.1, 0.15) is 11.8 Å². The number of anilines is 1. The minimum atomic E-state index is -0.310. The van der Waals surface area contributed by atoms with Crippen LogP contribution in [0.3, 0.4) is 0 Å². The molecule has 0 bridgehead atoms. The van der Waals surface area contributed by atoms with E-state index in [1.807, 2.05) is 68.6 Å². The maximum Gasteiger partial charge on any atom is 0.278 e. The monoisotopic (exact) mass is 398 g/mol. The lowest BCUT2D eigenvalue weighted by Crippen LogP contribution is -2.92. The summed E-state index contributed by atoms with van der Waals surface area (Å²) in [5, 5.41) is 7.65. The molecule has 156 valence electrons. The number of methoxy groups -OCH3 is 1. The predicted octanol–water partition coefficient (Wildman–Crippen LogP) is 2.47. The van der Waals surface area contributed by atoms with E-state index < -0.39 is 0 Å². The summed E-state index contributed by atoms with van der Waals surface area (Å²) in [4.78, 5) is 24.7. The lowest BCUT2D eigenvalue weighted by molar-refractivity contribution is -0.713. The zero-order valence-corrected chi connectivity index (χ0v) is 17.9. The van der Waals surface area contributed by atoms with E-state index >= 15 is 0 Å². The number of carbonyl (C=O) groups is 2. The quantitative estimate of drug-likeness (QED) is 0.607. The summed E-state index contributed by atoms with van der Waals surface area (Å²) in [5.41, 5.74) is 3.94. The maximum atomic E-state index is 12.5. The van der Waals surface area contributed by atoms with E-state index in [9.17, 15) is 9.59 Å². The van der Waals surface area contributed by atoms with Gasteiger partial charge in [-0.05, 0) is 56.2 Å². The Morgan fingerprint density at radius 1 is 1.07 bits per heavy atom. The van der Waals surface area contributed by atoms with Crippen molar-refractivity contribution in [2.45, 2.75) is 46.2 Å². The number of para-hydroxylation sites is 1. The number of hydrogen-bond donors (Lipinski definition) is 3. The van der Waals surface area contributed by atoms with Crippen molar-refractivity contribution in [1.29, 1.82) is 0 Å². The molecule has 2 atom stereocenters. The van der Waals surface area contributed by atoms with E-state index in [1.54, 1.807) is 7.11 Å². The van der Waals surface area contributed by atoms with Crippen LogP contribution >= 0.6 is 0 Å². The summed E-state index contributed by atoms with van der Waals surface area (Å²) in [6.07, 6.45) is 0.886. The Labute approximate surface area is 173 Å². The SMILES string of the molecule is CC[C@H]([NH2+][C@@H](C)C(=O)NCC(=O)Nc1c(C)cccc1C)c1ccc(OC)cc1. The molecule has 2 aromatic carbocycles. The smallest absolute Gasteiger partial charge is 0.278 e. The van der Waals surface area contributed by atoms with Gasteiger partial charge in [0.05, 0.1) is 13.7 Å². The molecule has 0 saturated heterocycles. The zero-order chi connectivity index (χ0) is 21.4. The molecular weight excluding hydrogens is 366 g/mol. The van der Waals surface area contributed by atoms with Crippen LogP contribution in [0.4, 0.5) is 5.69 Å². The van der Waals surface area contributed by atoms with Gasteiger partial charge in [-0.15, -0.1) is 0 Å². The first-order valence-electron chi connectivity index (χ1n) is 9.98. The average molecular weight is 399 g/mol. The van der Waals surface area contributed by atoms with Crippen LogP contribution in [0.2, 0.25) is 0 Å². The molecule has 0 aliphatic rings. The molecule has 0 radical (unpaired) electrons. The minimum Gasteiger partial charge on any atom is -0.497 e. The van der Waals surface area contributed by atoms with Gasteiger partial charge >= 0.3 is 0 Å². The summed E-state index contributed by atoms with van der Waals surface area (Å²) in [7, 11) is 1.64. The summed E-state index contributed by atoms with van der Waals surface area (Å²) in [5.74, 6) is 0.419. The van der Waals surface area contributed by atoms with Crippen molar-refractivity contribution in [3.63, 3.8) is 0 Å². The van der Waals surface area contributed by atoms with Gasteiger partial charge in [-0.25, -0.2) is 0 Å². The van der Waals surface area contributed by atoms with Gasteiger partial charge in [-0.3, -0.25) is 9.59 Å². The van der Waals surface area contributed by atoms with E-state index in [2.05, 4.69) is 17.6 Å². The Kier molecular flexibility index (Phi) is 8.21. The van der Waals surface area contributed by atoms with Crippen molar-refractivity contribution < 1.29 is 19.6 Å². The molecule has 0 fully saturated rings. The second kappa shape index (κ2) is 10.6. The minimum absolute atomic E-state index is 0.0515. The van der Waals surface area contributed by atoms with E-state index in [0.717, 1.165) is 34.5 Å². The molecule has 2 aromatic rings. The highest BCUT2D eigenvalue weighted by atomic mass is 16.5. The fourth-order valence-corrected chi connectivity index (χ4v) is 3.29. The normalized spacial score (nSPS) is 12.7. The van der Waals surface area contributed by atoms with Crippen molar-refractivity contribution in [3.8, 4) is 5.75 Å². The number of carbonyl (C=O) groups excluding carboxylic acids is 2. The molecule has 2 amide bonds. The first kappa shape index (κ1) is 22.4. The number of hydrogen-bond acceptors (Lipinski definition) is 3. The maximum absolute atomic E-state index is 12.5. The molecule has 0 spiro atoms. The van der Waals surface area contributed by atoms with Crippen LogP contribution in [-0.2, 0) is 9.59 Å². The van der Waals surface area contributed by atoms with Crippen molar-refractivity contribution in [3.05, 3.63) is 59.2 Å². The van der Waals surface area contributed by atoms with Gasteiger partial charge in [0.2, 0.25) is 5.91 Å². The van der Waals surface area contributed by atoms with Crippen LogP contribution in [0.25, 0.3) is 0 Å². The lowest BCUT2D eigenvalue weighted by Gasteiger charge is -2.19. The topological polar surface area (TPSA) is 84.0 Å². The molecule has 29 heavy (non-hydrogen) atoms. The van der Waals surface area contributed by atoms with Crippen molar-refractivity contribution in [2.75, 3.05) is 19.0 Å². The average Bonchev–Trinajstić information content (AvgIpc) is 2.72. The van der Waals surface area contributed by atoms with Gasteiger partial charge in [0.15, 0.2) is 6.04 Å². The van der Waals surface area contributed by atoms with Crippen LogP contribution in [0.15, 0.2) is 42.5 Å². The third-order valence-electron chi connectivity index (χ3n) is 5.09. The molecule has 0 saturated carbocycles. The van der Waals surface area contributed by atoms with E-state index in [4.69, 9.17) is 4.74 Å². The van der Waals surface area contributed by atoms with Crippen LogP contribution in [0, 0.1) is 13.8 Å². The van der Waals surface area contributed by atoms with E-state index in [-0.39, 0.29) is 30.4 Å². The van der Waals surface area contributed by atoms with Gasteiger partial charge in [0, 0.05) is 17.7 Å². The van der Waals surface area contributed by atoms with Crippen LogP contribution in [-0.4, -0.2) is 31.5 Å².